The molecule has 0 spiro atoms. The van der Waals surface area contributed by atoms with Gasteiger partial charge in [0.15, 0.2) is 17.4 Å². The van der Waals surface area contributed by atoms with Gasteiger partial charge >= 0.3 is 0 Å². The van der Waals surface area contributed by atoms with Gasteiger partial charge in [-0.3, -0.25) is 4.68 Å². The highest BCUT2D eigenvalue weighted by Crippen LogP contribution is 2.38. The number of hydrogen-bond acceptors (Lipinski definition) is 7. The zero-order valence-corrected chi connectivity index (χ0v) is 18.5. The number of aliphatic imine (C=N–C) groups is 1. The summed E-state index contributed by atoms with van der Waals surface area (Å²) in [5.74, 6) is -2.11. The number of aromatic nitrogens is 4. The van der Waals surface area contributed by atoms with E-state index in [1.54, 1.807) is 30.2 Å². The number of rotatable bonds is 5. The Kier molecular flexibility index (Phi) is 5.40. The average Bonchev–Trinajstić information content (AvgIpc) is 3.44. The van der Waals surface area contributed by atoms with E-state index in [-0.39, 0.29) is 30.7 Å². The monoisotopic (exact) mass is 468 g/mol. The Hall–Kier alpha value is -3.99. The van der Waals surface area contributed by atoms with Crippen molar-refractivity contribution in [2.24, 2.45) is 17.5 Å². The summed E-state index contributed by atoms with van der Waals surface area (Å²) in [6, 6.07) is 5.69. The summed E-state index contributed by atoms with van der Waals surface area (Å²) >= 11 is 0. The number of benzene rings is 1. The molecule has 0 saturated carbocycles. The van der Waals surface area contributed by atoms with Crippen LogP contribution in [0.1, 0.15) is 6.92 Å². The van der Waals surface area contributed by atoms with E-state index in [0.717, 1.165) is 23.4 Å². The highest BCUT2D eigenvalue weighted by Gasteiger charge is 2.29. The molecule has 0 amide bonds. The molecular weight excluding hydrogens is 446 g/mol. The molecule has 1 atom stereocenters. The molecule has 0 fully saturated rings. The fourth-order valence-corrected chi connectivity index (χ4v) is 3.68. The molecule has 3 aromatic heterocycles. The second-order valence-electron chi connectivity index (χ2n) is 8.45. The molecule has 0 radical (unpaired) electrons. The van der Waals surface area contributed by atoms with E-state index < -0.39 is 22.8 Å². The fraction of sp³-hybridized carbons (Fsp3) is 0.261. The Morgan fingerprint density at radius 2 is 2.06 bits per heavy atom. The first kappa shape index (κ1) is 21.8. The lowest BCUT2D eigenvalue weighted by Crippen LogP contribution is -2.38. The van der Waals surface area contributed by atoms with E-state index in [1.165, 1.54) is 6.20 Å². The van der Waals surface area contributed by atoms with E-state index in [1.807, 2.05) is 13.0 Å². The molecule has 1 aromatic carbocycles. The van der Waals surface area contributed by atoms with Crippen LogP contribution in [0.3, 0.4) is 0 Å². The Morgan fingerprint density at radius 1 is 1.26 bits per heavy atom. The third kappa shape index (κ3) is 3.94. The van der Waals surface area contributed by atoms with Crippen molar-refractivity contribution in [3.63, 3.8) is 0 Å². The zero-order valence-electron chi connectivity index (χ0n) is 18.5. The second kappa shape index (κ2) is 8.41. The van der Waals surface area contributed by atoms with Crippen LogP contribution >= 0.6 is 0 Å². The van der Waals surface area contributed by atoms with Crippen LogP contribution in [0.15, 0.2) is 47.8 Å². The molecule has 9 nitrogen and oxygen atoms in total. The predicted molar refractivity (Wildman–Crippen MR) is 122 cm³/mol. The number of nitrogens with one attached hydrogen (secondary N) is 2. The number of aromatic amines is 1. The number of aliphatic hydroxyl groups is 1. The number of amidine groups is 1. The van der Waals surface area contributed by atoms with Crippen LogP contribution in [0, 0.1) is 17.0 Å². The lowest BCUT2D eigenvalue weighted by Gasteiger charge is -2.30. The highest BCUT2D eigenvalue weighted by molar-refractivity contribution is 5.97. The Labute approximate surface area is 193 Å². The van der Waals surface area contributed by atoms with E-state index >= 15 is 0 Å². The van der Waals surface area contributed by atoms with Gasteiger partial charge < -0.3 is 24.9 Å². The summed E-state index contributed by atoms with van der Waals surface area (Å²) < 4.78 is 42.8. The molecule has 11 heteroatoms. The molecule has 176 valence electrons. The number of pyridine rings is 1. The van der Waals surface area contributed by atoms with Crippen molar-refractivity contribution in [1.82, 2.24) is 19.7 Å². The molecule has 5 rings (SSSR count). The van der Waals surface area contributed by atoms with Crippen molar-refractivity contribution in [2.75, 3.05) is 25.1 Å². The van der Waals surface area contributed by atoms with Gasteiger partial charge in [-0.2, -0.15) is 5.10 Å². The molecule has 34 heavy (non-hydrogen) atoms. The van der Waals surface area contributed by atoms with Gasteiger partial charge in [0.2, 0.25) is 0 Å². The minimum Gasteiger partial charge on any atom is -0.464 e. The van der Waals surface area contributed by atoms with E-state index in [2.05, 4.69) is 25.4 Å². The Balaban J connectivity index is 1.44. The van der Waals surface area contributed by atoms with Crippen molar-refractivity contribution < 1.29 is 23.4 Å². The summed E-state index contributed by atoms with van der Waals surface area (Å²) in [6.07, 6.45) is 4.89. The van der Waals surface area contributed by atoms with E-state index in [4.69, 9.17) is 9.47 Å². The SMILES string of the molecule is Cn1nccc1-c1c[nH]c2nccc(Oc3c(F)cc(NC4=NCC(C)(CO)CO4)cc3F)c12. The van der Waals surface area contributed by atoms with Gasteiger partial charge in [0.05, 0.1) is 24.2 Å². The van der Waals surface area contributed by atoms with Gasteiger partial charge in [0, 0.05) is 54.4 Å². The van der Waals surface area contributed by atoms with Crippen LogP contribution in [0.5, 0.6) is 11.5 Å². The summed E-state index contributed by atoms with van der Waals surface area (Å²) in [6.45, 7) is 2.31. The van der Waals surface area contributed by atoms with Crippen LogP contribution in [0.4, 0.5) is 14.5 Å². The Bertz CT molecular complexity index is 1380. The number of ether oxygens (including phenoxy) is 2. The standard InChI is InChI=1S/C23H22F2N6O3/c1-23(11-32)10-28-22(33-12-23)30-13-7-15(24)20(16(25)8-13)34-18-4-5-26-21-19(18)14(9-27-21)17-3-6-29-31(17)2/h3-9,32H,10-12H2,1-2H3,(H,26,27)(H,28,30). The van der Waals surface area contributed by atoms with Crippen molar-refractivity contribution in [2.45, 2.75) is 6.92 Å². The second-order valence-corrected chi connectivity index (χ2v) is 8.45. The van der Waals surface area contributed by atoms with Gasteiger partial charge in [-0.15, -0.1) is 0 Å². The predicted octanol–water partition coefficient (Wildman–Crippen LogP) is 3.83. The lowest BCUT2D eigenvalue weighted by molar-refractivity contribution is 0.0706. The lowest BCUT2D eigenvalue weighted by atomic mass is 9.93. The van der Waals surface area contributed by atoms with Crippen molar-refractivity contribution in [3.05, 3.63) is 54.5 Å². The molecule has 0 aliphatic carbocycles. The van der Waals surface area contributed by atoms with E-state index in [9.17, 15) is 13.9 Å². The van der Waals surface area contributed by atoms with Gasteiger partial charge in [0.1, 0.15) is 18.0 Å². The first-order valence-corrected chi connectivity index (χ1v) is 10.5. The molecule has 1 aliphatic rings. The molecule has 4 heterocycles. The molecular formula is C23H22F2N6O3. The minimum absolute atomic E-state index is 0.0786. The minimum atomic E-state index is -0.901. The maximum Gasteiger partial charge on any atom is 0.289 e. The number of H-pyrrole nitrogens is 1. The molecule has 4 aromatic rings. The third-order valence-electron chi connectivity index (χ3n) is 5.64. The summed E-state index contributed by atoms with van der Waals surface area (Å²) in [5, 5.41) is 16.9. The summed E-state index contributed by atoms with van der Waals surface area (Å²) in [4.78, 5) is 11.5. The van der Waals surface area contributed by atoms with Crippen molar-refractivity contribution in [1.29, 1.82) is 0 Å². The topological polar surface area (TPSA) is 110 Å². The third-order valence-corrected chi connectivity index (χ3v) is 5.64. The maximum absolute atomic E-state index is 14.9. The van der Waals surface area contributed by atoms with Crippen LogP contribution in [-0.4, -0.2) is 50.6 Å². The molecule has 0 bridgehead atoms. The molecule has 1 aliphatic heterocycles. The maximum atomic E-state index is 14.9. The fourth-order valence-electron chi connectivity index (χ4n) is 3.68. The summed E-state index contributed by atoms with van der Waals surface area (Å²) in [5.41, 5.74) is 1.66. The highest BCUT2D eigenvalue weighted by atomic mass is 19.1. The number of aliphatic hydroxyl groups excluding tert-OH is 1. The van der Waals surface area contributed by atoms with Gasteiger partial charge in [-0.25, -0.2) is 18.8 Å². The first-order chi connectivity index (χ1) is 16.4. The molecule has 1 unspecified atom stereocenters. The van der Waals surface area contributed by atoms with Gasteiger partial charge in [0.25, 0.3) is 6.02 Å². The zero-order chi connectivity index (χ0) is 23.9. The van der Waals surface area contributed by atoms with Crippen molar-refractivity contribution in [3.8, 4) is 22.8 Å². The molecule has 0 saturated heterocycles. The van der Waals surface area contributed by atoms with Crippen LogP contribution in [-0.2, 0) is 11.8 Å². The van der Waals surface area contributed by atoms with Crippen LogP contribution in [0.2, 0.25) is 0 Å². The van der Waals surface area contributed by atoms with Gasteiger partial charge in [-0.05, 0) is 12.1 Å². The first-order valence-electron chi connectivity index (χ1n) is 10.5. The van der Waals surface area contributed by atoms with Crippen LogP contribution < -0.4 is 10.1 Å². The summed E-state index contributed by atoms with van der Waals surface area (Å²) in [7, 11) is 1.79. The van der Waals surface area contributed by atoms with E-state index in [0.29, 0.717) is 17.6 Å². The molecule has 3 N–H and O–H groups in total. The number of nitrogens with zero attached hydrogens (tertiary/aromatic N) is 4. The number of halogens is 2. The number of fused-ring (bicyclic) bond motifs is 1. The van der Waals surface area contributed by atoms with Crippen molar-refractivity contribution >= 4 is 22.7 Å². The average molecular weight is 468 g/mol. The largest absolute Gasteiger partial charge is 0.464 e. The number of hydrogen-bond donors (Lipinski definition) is 3. The quantitative estimate of drug-likeness (QED) is 0.411. The normalized spacial score (nSPS) is 18.0. The number of aryl methyl sites for hydroxylation is 1. The van der Waals surface area contributed by atoms with Gasteiger partial charge in [-0.1, -0.05) is 6.92 Å². The Morgan fingerprint density at radius 3 is 2.71 bits per heavy atom. The van der Waals surface area contributed by atoms with Crippen LogP contribution in [0.25, 0.3) is 22.3 Å². The number of anilines is 1. The smallest absolute Gasteiger partial charge is 0.289 e.